The average Bonchev–Trinajstić information content (AvgIpc) is 2.59. The fourth-order valence-corrected chi connectivity index (χ4v) is 4.09. The highest BCUT2D eigenvalue weighted by Crippen LogP contribution is 2.36. The zero-order valence-corrected chi connectivity index (χ0v) is 15.7. The number of rotatable bonds is 6. The first-order valence-corrected chi connectivity index (χ1v) is 9.49. The van der Waals surface area contributed by atoms with Crippen LogP contribution in [0, 0.1) is 0 Å². The quantitative estimate of drug-likeness (QED) is 0.231. The van der Waals surface area contributed by atoms with Crippen molar-refractivity contribution in [3.05, 3.63) is 60.2 Å². The fourth-order valence-electron chi connectivity index (χ4n) is 4.09. The van der Waals surface area contributed by atoms with Crippen LogP contribution in [0.1, 0.15) is 24.8 Å². The van der Waals surface area contributed by atoms with Crippen LogP contribution in [0.4, 0.5) is 0 Å². The molecule has 4 aromatic rings. The van der Waals surface area contributed by atoms with Gasteiger partial charge in [-0.1, -0.05) is 54.6 Å². The summed E-state index contributed by atoms with van der Waals surface area (Å²) in [6.07, 6.45) is 5.10. The van der Waals surface area contributed by atoms with Crippen LogP contribution in [-0.2, 0) is 6.42 Å². The van der Waals surface area contributed by atoms with Crippen molar-refractivity contribution in [1.82, 2.24) is 0 Å². The Hall–Kier alpha value is -2.12. The standard InChI is InChI=1S/C24H28N/c1-25(2,3)17-6-4-5-8-18-11-12-21-14-13-19-9-7-10-20-15-16-22(18)24(21)23(19)20/h7,9-16H,4-6,8,17H2,1-3H3/q+1. The molecule has 0 saturated carbocycles. The highest BCUT2D eigenvalue weighted by Gasteiger charge is 2.11. The van der Waals surface area contributed by atoms with Crippen LogP contribution in [0.3, 0.4) is 0 Å². The third kappa shape index (κ3) is 3.21. The largest absolute Gasteiger partial charge is 0.331 e. The summed E-state index contributed by atoms with van der Waals surface area (Å²) in [6, 6.07) is 20.5. The molecular weight excluding hydrogens is 302 g/mol. The van der Waals surface area contributed by atoms with Gasteiger partial charge in [0.2, 0.25) is 0 Å². The van der Waals surface area contributed by atoms with E-state index in [-0.39, 0.29) is 0 Å². The van der Waals surface area contributed by atoms with Gasteiger partial charge in [-0.05, 0) is 63.6 Å². The van der Waals surface area contributed by atoms with Crippen molar-refractivity contribution in [1.29, 1.82) is 0 Å². The minimum Gasteiger partial charge on any atom is -0.331 e. The van der Waals surface area contributed by atoms with Crippen molar-refractivity contribution in [2.24, 2.45) is 0 Å². The van der Waals surface area contributed by atoms with Crippen molar-refractivity contribution < 1.29 is 4.48 Å². The maximum Gasteiger partial charge on any atom is 0.0780 e. The highest BCUT2D eigenvalue weighted by atomic mass is 15.3. The molecule has 1 nitrogen and oxygen atoms in total. The third-order valence-corrected chi connectivity index (χ3v) is 5.39. The summed E-state index contributed by atoms with van der Waals surface area (Å²) >= 11 is 0. The number of benzene rings is 4. The van der Waals surface area contributed by atoms with Crippen LogP contribution in [0.25, 0.3) is 32.3 Å². The smallest absolute Gasteiger partial charge is 0.0780 e. The molecular formula is C24H28N+. The van der Waals surface area contributed by atoms with Crippen LogP contribution >= 0.6 is 0 Å². The number of nitrogens with zero attached hydrogens (tertiary/aromatic N) is 1. The molecule has 0 aliphatic heterocycles. The molecule has 0 aliphatic rings. The minimum atomic E-state index is 1.07. The molecule has 0 fully saturated rings. The molecule has 0 bridgehead atoms. The predicted octanol–water partition coefficient (Wildman–Crippen LogP) is 6.00. The predicted molar refractivity (Wildman–Crippen MR) is 111 cm³/mol. The number of unbranched alkanes of at least 4 members (excludes halogenated alkanes) is 2. The Kier molecular flexibility index (Phi) is 4.13. The molecule has 0 amide bonds. The Labute approximate surface area is 150 Å². The number of hydrogen-bond acceptors (Lipinski definition) is 0. The van der Waals surface area contributed by atoms with E-state index in [0.717, 1.165) is 4.48 Å². The second-order valence-corrected chi connectivity index (χ2v) is 8.41. The van der Waals surface area contributed by atoms with Gasteiger partial charge in [0.15, 0.2) is 0 Å². The maximum atomic E-state index is 2.35. The molecule has 0 aromatic heterocycles. The van der Waals surface area contributed by atoms with E-state index in [9.17, 15) is 0 Å². The molecule has 0 N–H and O–H groups in total. The van der Waals surface area contributed by atoms with Gasteiger partial charge in [-0.25, -0.2) is 0 Å². The van der Waals surface area contributed by atoms with Crippen molar-refractivity contribution in [2.75, 3.05) is 27.7 Å². The topological polar surface area (TPSA) is 0 Å². The van der Waals surface area contributed by atoms with Gasteiger partial charge in [-0.3, -0.25) is 0 Å². The van der Waals surface area contributed by atoms with E-state index in [1.54, 1.807) is 0 Å². The molecule has 128 valence electrons. The average molecular weight is 330 g/mol. The molecule has 25 heavy (non-hydrogen) atoms. The zero-order chi connectivity index (χ0) is 17.4. The van der Waals surface area contributed by atoms with E-state index < -0.39 is 0 Å². The van der Waals surface area contributed by atoms with Gasteiger partial charge < -0.3 is 4.48 Å². The molecule has 4 aromatic carbocycles. The number of quaternary nitrogens is 1. The van der Waals surface area contributed by atoms with Gasteiger partial charge >= 0.3 is 0 Å². The van der Waals surface area contributed by atoms with Gasteiger partial charge in [-0.2, -0.15) is 0 Å². The summed E-state index contributed by atoms with van der Waals surface area (Å²) in [5, 5.41) is 8.43. The molecule has 0 radical (unpaired) electrons. The van der Waals surface area contributed by atoms with E-state index >= 15 is 0 Å². The normalized spacial score (nSPS) is 12.6. The lowest BCUT2D eigenvalue weighted by Gasteiger charge is -2.23. The monoisotopic (exact) mass is 330 g/mol. The van der Waals surface area contributed by atoms with E-state index in [0.29, 0.717) is 0 Å². The number of hydrogen-bond donors (Lipinski definition) is 0. The first-order valence-electron chi connectivity index (χ1n) is 9.49. The lowest BCUT2D eigenvalue weighted by molar-refractivity contribution is -0.870. The number of aryl methyl sites for hydroxylation is 1. The molecule has 1 heteroatoms. The van der Waals surface area contributed by atoms with Gasteiger partial charge in [0.05, 0.1) is 27.7 Å². The Morgan fingerprint density at radius 3 is 2.00 bits per heavy atom. The summed E-state index contributed by atoms with van der Waals surface area (Å²) < 4.78 is 1.07. The van der Waals surface area contributed by atoms with Crippen LogP contribution in [0.5, 0.6) is 0 Å². The molecule has 0 spiro atoms. The lowest BCUT2D eigenvalue weighted by Crippen LogP contribution is -2.35. The Balaban J connectivity index is 1.64. The maximum absolute atomic E-state index is 2.35. The molecule has 0 heterocycles. The molecule has 0 unspecified atom stereocenters. The van der Waals surface area contributed by atoms with Crippen LogP contribution in [0.15, 0.2) is 54.6 Å². The highest BCUT2D eigenvalue weighted by molar-refractivity contribution is 6.23. The van der Waals surface area contributed by atoms with Crippen LogP contribution in [-0.4, -0.2) is 32.2 Å². The first kappa shape index (κ1) is 16.4. The van der Waals surface area contributed by atoms with Crippen molar-refractivity contribution >= 4 is 32.3 Å². The fraction of sp³-hybridized carbons (Fsp3) is 0.333. The van der Waals surface area contributed by atoms with E-state index in [1.807, 2.05) is 0 Å². The van der Waals surface area contributed by atoms with Crippen molar-refractivity contribution in [3.63, 3.8) is 0 Å². The van der Waals surface area contributed by atoms with Crippen molar-refractivity contribution in [3.8, 4) is 0 Å². The van der Waals surface area contributed by atoms with Crippen LogP contribution in [0.2, 0.25) is 0 Å². The molecule has 4 rings (SSSR count). The molecule has 0 atom stereocenters. The van der Waals surface area contributed by atoms with E-state index in [1.165, 1.54) is 70.1 Å². The zero-order valence-electron chi connectivity index (χ0n) is 15.7. The second kappa shape index (κ2) is 6.31. The summed E-state index contributed by atoms with van der Waals surface area (Å²) in [4.78, 5) is 0. The summed E-state index contributed by atoms with van der Waals surface area (Å²) in [5.41, 5.74) is 1.51. The first-order chi connectivity index (χ1) is 12.0. The van der Waals surface area contributed by atoms with Crippen molar-refractivity contribution in [2.45, 2.75) is 25.7 Å². The van der Waals surface area contributed by atoms with E-state index in [2.05, 4.69) is 75.7 Å². The summed E-state index contributed by atoms with van der Waals surface area (Å²) in [7, 11) is 6.84. The summed E-state index contributed by atoms with van der Waals surface area (Å²) in [5.74, 6) is 0. The summed E-state index contributed by atoms with van der Waals surface area (Å²) in [6.45, 7) is 1.26. The Morgan fingerprint density at radius 1 is 0.640 bits per heavy atom. The van der Waals surface area contributed by atoms with Crippen LogP contribution < -0.4 is 0 Å². The van der Waals surface area contributed by atoms with E-state index in [4.69, 9.17) is 0 Å². The van der Waals surface area contributed by atoms with Gasteiger partial charge in [0.1, 0.15) is 0 Å². The third-order valence-electron chi connectivity index (χ3n) is 5.39. The van der Waals surface area contributed by atoms with Gasteiger partial charge in [0.25, 0.3) is 0 Å². The Bertz CT molecular complexity index is 991. The SMILES string of the molecule is C[N+](C)(C)CCCCCc1ccc2ccc3cccc4ccc1c2c34. The van der Waals surface area contributed by atoms with Gasteiger partial charge in [0, 0.05) is 0 Å². The molecule has 0 saturated heterocycles. The molecule has 0 aliphatic carbocycles. The Morgan fingerprint density at radius 2 is 1.28 bits per heavy atom. The van der Waals surface area contributed by atoms with Gasteiger partial charge in [-0.15, -0.1) is 0 Å². The lowest BCUT2D eigenvalue weighted by atomic mass is 9.90. The second-order valence-electron chi connectivity index (χ2n) is 8.41. The minimum absolute atomic E-state index is 1.07.